The van der Waals surface area contributed by atoms with Gasteiger partial charge in [0.1, 0.15) is 11.4 Å². The molecule has 10 rings (SSSR count). The summed E-state index contributed by atoms with van der Waals surface area (Å²) in [6.45, 7) is 5.67. The standard InChI is InChI=1S/C42H47F2N11O6/c43-39(44)37-33(47-42(59)30-17-45-54-11-10-34(48-40(30)54)53-19-27-16-26(53)22-60-27)20-55(50-37)25-6-4-24(5-7-25)18-51-12-14-52(15-13-51)21-36(57)46-32-3-1-2-28-31(23-61-38(28)32)29-8-9-35(56)49-41(29)58/h1-3,10-11,17,20,23-27,29,39H,4-9,12-16,18-19,21-22H2,(H,46,57)(H,47,59)(H,49,56,58)/t24?,25?,26-,27-,29+/m0/s1. The molecule has 320 valence electrons. The molecule has 0 spiro atoms. The highest BCUT2D eigenvalue weighted by atomic mass is 19.3. The number of hydrogen-bond donors (Lipinski definition) is 3. The maximum atomic E-state index is 14.3. The van der Waals surface area contributed by atoms with E-state index in [-0.39, 0.29) is 60.1 Å². The van der Waals surface area contributed by atoms with Crippen molar-refractivity contribution in [2.45, 2.75) is 75.5 Å². The molecule has 3 atom stereocenters. The largest absolute Gasteiger partial charge is 0.462 e. The van der Waals surface area contributed by atoms with Crippen molar-refractivity contribution >= 4 is 57.4 Å². The topological polar surface area (TPSA) is 184 Å². The van der Waals surface area contributed by atoms with Crippen molar-refractivity contribution < 1.29 is 37.1 Å². The molecule has 5 aromatic rings. The minimum atomic E-state index is -2.87. The number of piperazine rings is 1. The van der Waals surface area contributed by atoms with E-state index in [9.17, 15) is 28.0 Å². The lowest BCUT2D eigenvalue weighted by Crippen LogP contribution is -2.49. The second kappa shape index (κ2) is 16.2. The van der Waals surface area contributed by atoms with Gasteiger partial charge in [-0.3, -0.25) is 34.1 Å². The van der Waals surface area contributed by atoms with E-state index in [1.807, 2.05) is 18.2 Å². The number of ether oxygens (including phenoxy) is 1. The van der Waals surface area contributed by atoms with Crippen LogP contribution in [-0.2, 0) is 19.1 Å². The number of fused-ring (bicyclic) bond motifs is 4. The Morgan fingerprint density at radius 1 is 0.967 bits per heavy atom. The van der Waals surface area contributed by atoms with Crippen LogP contribution >= 0.6 is 0 Å². The minimum absolute atomic E-state index is 0.0184. The number of furan rings is 1. The molecule has 4 aromatic heterocycles. The fourth-order valence-corrected chi connectivity index (χ4v) is 9.82. The summed E-state index contributed by atoms with van der Waals surface area (Å²) < 4.78 is 43.2. The number of imide groups is 1. The molecule has 5 aliphatic rings. The van der Waals surface area contributed by atoms with Crippen molar-refractivity contribution in [2.24, 2.45) is 5.92 Å². The second-order valence-corrected chi connectivity index (χ2v) is 16.9. The fraction of sp³-hybridized carbons (Fsp3) is 0.500. The van der Waals surface area contributed by atoms with E-state index in [4.69, 9.17) is 14.1 Å². The zero-order chi connectivity index (χ0) is 41.8. The number of morpholine rings is 1. The molecule has 17 nitrogen and oxygen atoms in total. The molecular weight excluding hydrogens is 793 g/mol. The van der Waals surface area contributed by atoms with Crippen molar-refractivity contribution in [3.05, 3.63) is 65.9 Å². The number of anilines is 3. The Morgan fingerprint density at radius 2 is 1.79 bits per heavy atom. The summed E-state index contributed by atoms with van der Waals surface area (Å²) in [4.78, 5) is 62.3. The molecule has 1 saturated carbocycles. The molecule has 4 amide bonds. The van der Waals surface area contributed by atoms with Gasteiger partial charge in [0.15, 0.2) is 16.9 Å². The number of hydrogen-bond acceptors (Lipinski definition) is 12. The molecule has 0 unspecified atom stereocenters. The van der Waals surface area contributed by atoms with Crippen molar-refractivity contribution in [3.63, 3.8) is 0 Å². The molecule has 1 aromatic carbocycles. The van der Waals surface area contributed by atoms with E-state index < -0.39 is 23.9 Å². The zero-order valence-corrected chi connectivity index (χ0v) is 33.5. The van der Waals surface area contributed by atoms with Gasteiger partial charge in [-0.25, -0.2) is 18.3 Å². The van der Waals surface area contributed by atoms with Crippen LogP contribution in [0.4, 0.5) is 26.0 Å². The normalized spacial score (nSPS) is 24.9. The van der Waals surface area contributed by atoms with E-state index in [1.165, 1.54) is 23.2 Å². The molecule has 4 aliphatic heterocycles. The average Bonchev–Trinajstić information content (AvgIpc) is 4.11. The van der Waals surface area contributed by atoms with Crippen LogP contribution in [0.3, 0.4) is 0 Å². The lowest BCUT2D eigenvalue weighted by Gasteiger charge is -2.38. The van der Waals surface area contributed by atoms with Gasteiger partial charge in [0.25, 0.3) is 12.3 Å². The minimum Gasteiger partial charge on any atom is -0.462 e. The molecule has 2 bridgehead atoms. The van der Waals surface area contributed by atoms with Gasteiger partial charge in [-0.2, -0.15) is 10.2 Å². The number of rotatable bonds is 11. The lowest BCUT2D eigenvalue weighted by atomic mass is 9.85. The second-order valence-electron chi connectivity index (χ2n) is 16.9. The Morgan fingerprint density at radius 3 is 2.54 bits per heavy atom. The highest BCUT2D eigenvalue weighted by Gasteiger charge is 2.40. The summed E-state index contributed by atoms with van der Waals surface area (Å²) in [5.74, 6) is -0.666. The number of amides is 4. The SMILES string of the molecule is O=C1CC[C@H](c2coc3c(NC(=O)CN4CCN(CC5CCC(n6cc(NC(=O)c7cnn8ccc(N9C[C@@H]%10C[C@H]9CO%10)nc78)c(C(F)F)n6)CC5)CC4)cccc23)C(=O)N1. The van der Waals surface area contributed by atoms with Crippen LogP contribution in [-0.4, -0.2) is 122 Å². The highest BCUT2D eigenvalue weighted by molar-refractivity contribution is 6.08. The van der Waals surface area contributed by atoms with Gasteiger partial charge in [-0.1, -0.05) is 12.1 Å². The van der Waals surface area contributed by atoms with Crippen LogP contribution in [0.15, 0.2) is 53.5 Å². The van der Waals surface area contributed by atoms with E-state index in [2.05, 4.69) is 40.8 Å². The summed E-state index contributed by atoms with van der Waals surface area (Å²) in [6, 6.07) is 7.47. The Balaban J connectivity index is 0.699. The van der Waals surface area contributed by atoms with Gasteiger partial charge in [0, 0.05) is 69.0 Å². The molecule has 19 heteroatoms. The summed E-state index contributed by atoms with van der Waals surface area (Å²) in [5.41, 5.74) is 1.78. The summed E-state index contributed by atoms with van der Waals surface area (Å²) in [5, 5.41) is 17.4. The number of carbonyl (C=O) groups excluding carboxylic acids is 4. The lowest BCUT2D eigenvalue weighted by molar-refractivity contribution is -0.134. The van der Waals surface area contributed by atoms with Crippen molar-refractivity contribution in [1.29, 1.82) is 0 Å². The van der Waals surface area contributed by atoms with Crippen LogP contribution in [0.25, 0.3) is 16.6 Å². The van der Waals surface area contributed by atoms with Gasteiger partial charge in [0.05, 0.1) is 61.1 Å². The number of halogens is 2. The van der Waals surface area contributed by atoms with Crippen LogP contribution in [0.1, 0.15) is 84.9 Å². The first-order valence-electron chi connectivity index (χ1n) is 21.1. The molecule has 0 radical (unpaired) electrons. The zero-order valence-electron chi connectivity index (χ0n) is 33.5. The summed E-state index contributed by atoms with van der Waals surface area (Å²) >= 11 is 0. The number of alkyl halides is 2. The molecule has 1 aliphatic carbocycles. The summed E-state index contributed by atoms with van der Waals surface area (Å²) in [6.07, 6.45) is 8.54. The monoisotopic (exact) mass is 839 g/mol. The maximum absolute atomic E-state index is 14.3. The van der Waals surface area contributed by atoms with Crippen LogP contribution in [0.5, 0.6) is 0 Å². The predicted octanol–water partition coefficient (Wildman–Crippen LogP) is 4.35. The Bertz CT molecular complexity index is 2490. The van der Waals surface area contributed by atoms with Gasteiger partial charge in [0.2, 0.25) is 17.7 Å². The molecule has 5 fully saturated rings. The van der Waals surface area contributed by atoms with Gasteiger partial charge in [-0.15, -0.1) is 0 Å². The highest BCUT2D eigenvalue weighted by Crippen LogP contribution is 2.38. The fourth-order valence-electron chi connectivity index (χ4n) is 9.82. The number of nitrogens with zero attached hydrogens (tertiary/aromatic N) is 8. The molecule has 4 saturated heterocycles. The Hall–Kier alpha value is -5.79. The quantitative estimate of drug-likeness (QED) is 0.160. The van der Waals surface area contributed by atoms with Gasteiger partial charge >= 0.3 is 0 Å². The van der Waals surface area contributed by atoms with Crippen molar-refractivity contribution in [2.75, 3.05) is 68.0 Å². The first kappa shape index (κ1) is 39.4. The Labute approximate surface area is 348 Å². The Kier molecular flexibility index (Phi) is 10.5. The first-order valence-corrected chi connectivity index (χ1v) is 21.1. The molecule has 8 heterocycles. The van der Waals surface area contributed by atoms with E-state index >= 15 is 0 Å². The van der Waals surface area contributed by atoms with Crippen molar-refractivity contribution in [1.82, 2.24) is 39.5 Å². The molecule has 3 N–H and O–H groups in total. The number of piperidine rings is 1. The predicted molar refractivity (Wildman–Crippen MR) is 217 cm³/mol. The van der Waals surface area contributed by atoms with Crippen LogP contribution in [0, 0.1) is 5.92 Å². The maximum Gasteiger partial charge on any atom is 0.284 e. The van der Waals surface area contributed by atoms with Crippen LogP contribution in [0.2, 0.25) is 0 Å². The van der Waals surface area contributed by atoms with Crippen molar-refractivity contribution in [3.8, 4) is 0 Å². The van der Waals surface area contributed by atoms with Gasteiger partial charge in [-0.05, 0) is 56.6 Å². The smallest absolute Gasteiger partial charge is 0.284 e. The van der Waals surface area contributed by atoms with E-state index in [0.717, 1.165) is 82.6 Å². The third-order valence-corrected chi connectivity index (χ3v) is 13.1. The third kappa shape index (κ3) is 7.85. The van der Waals surface area contributed by atoms with E-state index in [0.29, 0.717) is 41.4 Å². The number of benzene rings is 1. The number of nitrogens with one attached hydrogen (secondary N) is 3. The first-order chi connectivity index (χ1) is 29.6. The molecular formula is C42H47F2N11O6. The number of aromatic nitrogens is 5. The summed E-state index contributed by atoms with van der Waals surface area (Å²) in [7, 11) is 0. The van der Waals surface area contributed by atoms with E-state index in [1.54, 1.807) is 16.9 Å². The average molecular weight is 840 g/mol. The molecule has 61 heavy (non-hydrogen) atoms. The van der Waals surface area contributed by atoms with Crippen LogP contribution < -0.4 is 20.9 Å². The number of carbonyl (C=O) groups is 4. The third-order valence-electron chi connectivity index (χ3n) is 13.1. The number of para-hydroxylation sites is 1. The van der Waals surface area contributed by atoms with Gasteiger partial charge < -0.3 is 29.6 Å².